The number of fused-ring (bicyclic) bond motifs is 1. The van der Waals surface area contributed by atoms with Crippen LogP contribution in [0.25, 0.3) is 28.0 Å². The van der Waals surface area contributed by atoms with Crippen molar-refractivity contribution in [2.45, 2.75) is 70.0 Å². The number of amidine groups is 1. The van der Waals surface area contributed by atoms with E-state index in [1.54, 1.807) is 24.4 Å². The summed E-state index contributed by atoms with van der Waals surface area (Å²) >= 11 is 6.25. The maximum atomic E-state index is 15.2. The summed E-state index contributed by atoms with van der Waals surface area (Å²) in [6.45, 7) is 2.10. The summed E-state index contributed by atoms with van der Waals surface area (Å²) in [5, 5.41) is 7.97. The molecule has 9 nitrogen and oxygen atoms in total. The molecule has 3 atom stereocenters. The summed E-state index contributed by atoms with van der Waals surface area (Å²) in [5.41, 5.74) is 14.4. The third-order valence-electron chi connectivity index (χ3n) is 8.50. The van der Waals surface area contributed by atoms with Gasteiger partial charge >= 0.3 is 5.69 Å². The Morgan fingerprint density at radius 2 is 2.02 bits per heavy atom. The second-order valence-electron chi connectivity index (χ2n) is 11.8. The topological polar surface area (TPSA) is 139 Å². The van der Waals surface area contributed by atoms with E-state index in [1.165, 1.54) is 4.57 Å². The van der Waals surface area contributed by atoms with Gasteiger partial charge in [-0.2, -0.15) is 4.98 Å². The minimum Gasteiger partial charge on any atom is -0.466 e. The Morgan fingerprint density at radius 1 is 1.24 bits per heavy atom. The number of ether oxygens (including phenoxy) is 1. The number of halogens is 3. The van der Waals surface area contributed by atoms with E-state index in [9.17, 15) is 9.18 Å². The Hall–Kier alpha value is -3.80. The molecule has 0 amide bonds. The fourth-order valence-electron chi connectivity index (χ4n) is 6.34. The smallest absolute Gasteiger partial charge is 0.354 e. The molecule has 240 valence electrons. The maximum Gasteiger partial charge on any atom is 0.354 e. The van der Waals surface area contributed by atoms with Crippen LogP contribution < -0.4 is 17.2 Å². The average Bonchev–Trinajstić information content (AvgIpc) is 3.41. The molecule has 0 saturated carbocycles. The van der Waals surface area contributed by atoms with Crippen molar-refractivity contribution in [1.82, 2.24) is 19.4 Å². The van der Waals surface area contributed by atoms with Gasteiger partial charge in [0.05, 0.1) is 23.0 Å². The molecule has 0 aliphatic carbocycles. The molecule has 4 aromatic rings. The first-order valence-corrected chi connectivity index (χ1v) is 15.8. The van der Waals surface area contributed by atoms with Crippen LogP contribution in [0.2, 0.25) is 5.02 Å². The van der Waals surface area contributed by atoms with E-state index in [1.807, 2.05) is 31.2 Å². The summed E-state index contributed by atoms with van der Waals surface area (Å²) in [7, 11) is 0. The molecular weight excluding hydrogens is 600 g/mol. The molecule has 1 saturated heterocycles. The molecule has 2 aromatic carbocycles. The zero-order valence-electron chi connectivity index (χ0n) is 25.4. The van der Waals surface area contributed by atoms with Crippen LogP contribution in [-0.4, -0.2) is 57.4 Å². The molecule has 5 rings (SSSR count). The number of H-pyrrole nitrogens is 1. The van der Waals surface area contributed by atoms with Crippen LogP contribution >= 0.6 is 11.6 Å². The Balaban J connectivity index is 1.38. The van der Waals surface area contributed by atoms with Crippen LogP contribution in [0.5, 0.6) is 0 Å². The van der Waals surface area contributed by atoms with Gasteiger partial charge in [0.15, 0.2) is 5.82 Å². The molecule has 12 heteroatoms. The Morgan fingerprint density at radius 3 is 2.73 bits per heavy atom. The highest BCUT2D eigenvalue weighted by Gasteiger charge is 2.31. The van der Waals surface area contributed by atoms with Crippen molar-refractivity contribution in [2.24, 2.45) is 11.5 Å². The normalized spacial score (nSPS) is 17.9. The predicted molar refractivity (Wildman–Crippen MR) is 174 cm³/mol. The molecule has 6 N–H and O–H groups in total. The SMILES string of the molecule is C[C@H](N)CCCc1cc(Cl)c(F)c(-c2cc3cn(-c4ccc([C@@H]5CCC[C@@H](CCOC(=N)N)N5CCF)cc4)c(=O)nc3[nH]2)c1. The van der Waals surface area contributed by atoms with Crippen molar-refractivity contribution in [3.05, 3.63) is 81.1 Å². The number of nitrogens with two attached hydrogens (primary N) is 2. The van der Waals surface area contributed by atoms with Gasteiger partial charge in [0.25, 0.3) is 6.02 Å². The molecule has 0 spiro atoms. The average molecular weight is 640 g/mol. The lowest BCUT2D eigenvalue weighted by Crippen LogP contribution is -2.43. The van der Waals surface area contributed by atoms with E-state index in [0.29, 0.717) is 47.6 Å². The van der Waals surface area contributed by atoms with Crippen LogP contribution in [0, 0.1) is 11.2 Å². The van der Waals surface area contributed by atoms with Crippen molar-refractivity contribution in [3.8, 4) is 16.9 Å². The third-order valence-corrected chi connectivity index (χ3v) is 8.78. The number of hydrogen-bond acceptors (Lipinski definition) is 6. The number of alkyl halides is 1. The highest BCUT2D eigenvalue weighted by atomic mass is 35.5. The monoisotopic (exact) mass is 639 g/mol. The highest BCUT2D eigenvalue weighted by molar-refractivity contribution is 6.31. The zero-order valence-corrected chi connectivity index (χ0v) is 26.1. The molecule has 2 aromatic heterocycles. The number of rotatable bonds is 12. The quantitative estimate of drug-likeness (QED) is 0.111. The van der Waals surface area contributed by atoms with E-state index >= 15 is 4.39 Å². The summed E-state index contributed by atoms with van der Waals surface area (Å²) in [6.07, 6.45) is 7.56. The van der Waals surface area contributed by atoms with Gasteiger partial charge in [0.1, 0.15) is 12.3 Å². The van der Waals surface area contributed by atoms with Crippen molar-refractivity contribution in [2.75, 3.05) is 19.8 Å². The van der Waals surface area contributed by atoms with Crippen molar-refractivity contribution in [3.63, 3.8) is 0 Å². The number of aromatic amines is 1. The first-order valence-electron chi connectivity index (χ1n) is 15.4. The number of benzene rings is 2. The predicted octanol–water partition coefficient (Wildman–Crippen LogP) is 6.01. The van der Waals surface area contributed by atoms with Gasteiger partial charge in [-0.1, -0.05) is 23.7 Å². The Labute approximate surface area is 266 Å². The Kier molecular flexibility index (Phi) is 10.5. The summed E-state index contributed by atoms with van der Waals surface area (Å²) in [4.78, 5) is 22.6. The number of piperidine rings is 1. The molecule has 45 heavy (non-hydrogen) atoms. The van der Waals surface area contributed by atoms with Gasteiger partial charge in [-0.25, -0.2) is 13.6 Å². The summed E-state index contributed by atoms with van der Waals surface area (Å²) in [6, 6.07) is 12.7. The fourth-order valence-corrected chi connectivity index (χ4v) is 6.58. The second kappa shape index (κ2) is 14.5. The van der Waals surface area contributed by atoms with E-state index in [4.69, 9.17) is 33.2 Å². The molecule has 1 aliphatic heterocycles. The number of aromatic nitrogens is 3. The lowest BCUT2D eigenvalue weighted by Gasteiger charge is -2.42. The highest BCUT2D eigenvalue weighted by Crippen LogP contribution is 2.36. The van der Waals surface area contributed by atoms with E-state index < -0.39 is 18.2 Å². The number of nitrogens with zero attached hydrogens (tertiary/aromatic N) is 3. The number of hydrogen-bond donors (Lipinski definition) is 4. The van der Waals surface area contributed by atoms with Gasteiger partial charge in [0, 0.05) is 41.8 Å². The Bertz CT molecular complexity index is 1690. The van der Waals surface area contributed by atoms with Gasteiger partial charge in [0.2, 0.25) is 0 Å². The minimum atomic E-state index is -0.539. The fraction of sp³-hybridized carbons (Fsp3) is 0.424. The first-order chi connectivity index (χ1) is 21.6. The van der Waals surface area contributed by atoms with Crippen LogP contribution in [-0.2, 0) is 11.2 Å². The van der Waals surface area contributed by atoms with Crippen LogP contribution in [0.4, 0.5) is 8.78 Å². The standard InChI is InChI=1S/C33H40ClF2N7O2/c1-20(37)4-2-5-21-16-26(30(36)27(34)17-21)28-18-23-19-43(33(44)41-31(23)40-28)25-10-8-22(9-11-25)29-7-3-6-24(42(29)14-13-35)12-15-45-32(38)39/h8-11,16-20,24,29H,2-7,12-15,37H2,1H3,(H3,38,39)(H,40,41,44)/t20-,24-,29-/m0/s1. The zero-order chi connectivity index (χ0) is 32.1. The lowest BCUT2D eigenvalue weighted by atomic mass is 9.89. The third kappa shape index (κ3) is 7.71. The molecular formula is C33H40ClF2N7O2. The van der Waals surface area contributed by atoms with Crippen LogP contribution in [0.3, 0.4) is 0 Å². The summed E-state index contributed by atoms with van der Waals surface area (Å²) in [5.74, 6) is -0.539. The molecule has 0 radical (unpaired) electrons. The van der Waals surface area contributed by atoms with Crippen molar-refractivity contribution >= 4 is 28.7 Å². The van der Waals surface area contributed by atoms with Gasteiger partial charge in [-0.05, 0) is 93.3 Å². The minimum absolute atomic E-state index is 0.0200. The summed E-state index contributed by atoms with van der Waals surface area (Å²) < 4.78 is 35.4. The second-order valence-corrected chi connectivity index (χ2v) is 12.2. The van der Waals surface area contributed by atoms with Crippen molar-refractivity contribution < 1.29 is 13.5 Å². The van der Waals surface area contributed by atoms with E-state index in [-0.39, 0.29) is 29.2 Å². The van der Waals surface area contributed by atoms with E-state index in [2.05, 4.69) is 14.9 Å². The van der Waals surface area contributed by atoms with E-state index in [0.717, 1.165) is 49.7 Å². The van der Waals surface area contributed by atoms with Gasteiger partial charge in [-0.3, -0.25) is 14.9 Å². The number of aryl methyl sites for hydroxylation is 1. The van der Waals surface area contributed by atoms with Gasteiger partial charge in [-0.15, -0.1) is 0 Å². The molecule has 3 heterocycles. The van der Waals surface area contributed by atoms with Crippen LogP contribution in [0.1, 0.15) is 62.6 Å². The van der Waals surface area contributed by atoms with Gasteiger partial charge < -0.3 is 21.2 Å². The van der Waals surface area contributed by atoms with Crippen LogP contribution in [0.15, 0.2) is 53.5 Å². The number of nitrogens with one attached hydrogen (secondary N) is 2. The molecule has 0 bridgehead atoms. The largest absolute Gasteiger partial charge is 0.466 e. The first kappa shape index (κ1) is 32.6. The van der Waals surface area contributed by atoms with Crippen molar-refractivity contribution in [1.29, 1.82) is 5.41 Å². The lowest BCUT2D eigenvalue weighted by molar-refractivity contribution is 0.0601. The molecule has 0 unspecified atom stereocenters. The molecule has 1 fully saturated rings. The maximum absolute atomic E-state index is 15.2. The number of likely N-dealkylation sites (tertiary alicyclic amines) is 1. The molecule has 1 aliphatic rings.